The highest BCUT2D eigenvalue weighted by Crippen LogP contribution is 2.45. The van der Waals surface area contributed by atoms with Crippen molar-refractivity contribution in [2.75, 3.05) is 39.6 Å². The summed E-state index contributed by atoms with van der Waals surface area (Å²) in [4.78, 5) is 73.1. The van der Waals surface area contributed by atoms with Crippen LogP contribution in [0.2, 0.25) is 0 Å². The second-order valence-corrected chi connectivity index (χ2v) is 29.8. The Labute approximate surface area is 654 Å². The van der Waals surface area contributed by atoms with Crippen LogP contribution in [0.15, 0.2) is 170 Å². The van der Waals surface area contributed by atoms with Gasteiger partial charge in [-0.3, -0.25) is 37.3 Å². The monoisotopic (exact) mass is 1550 g/mol. The lowest BCUT2D eigenvalue weighted by Crippen LogP contribution is -2.30. The second-order valence-electron chi connectivity index (χ2n) is 26.9. The van der Waals surface area contributed by atoms with Crippen LogP contribution in [0.3, 0.4) is 0 Å². The highest BCUT2D eigenvalue weighted by molar-refractivity contribution is 7.47. The zero-order chi connectivity index (χ0) is 78.9. The van der Waals surface area contributed by atoms with Crippen molar-refractivity contribution in [2.45, 2.75) is 329 Å². The van der Waals surface area contributed by atoms with E-state index in [1.165, 1.54) is 38.5 Å². The molecule has 0 aliphatic heterocycles. The van der Waals surface area contributed by atoms with E-state index >= 15 is 0 Å². The first-order valence-electron chi connectivity index (χ1n) is 41.4. The van der Waals surface area contributed by atoms with E-state index in [1.54, 1.807) is 0 Å². The quantitative estimate of drug-likeness (QED) is 0.0169. The molecular weight excluding hydrogens is 1400 g/mol. The molecule has 0 aliphatic rings. The molecule has 0 radical (unpaired) electrons. The minimum atomic E-state index is -5.01. The fourth-order valence-electron chi connectivity index (χ4n) is 10.4. The minimum Gasteiger partial charge on any atom is -0.462 e. The number of hydrogen-bond donors (Lipinski definition) is 3. The van der Waals surface area contributed by atoms with E-state index in [2.05, 4.69) is 198 Å². The molecule has 0 amide bonds. The fraction of sp³-hybridized carbons (Fsp3) is 0.640. The summed E-state index contributed by atoms with van der Waals surface area (Å²) in [6.07, 6.45) is 94.7. The Balaban J connectivity index is 5.46. The lowest BCUT2D eigenvalue weighted by Gasteiger charge is -2.21. The van der Waals surface area contributed by atoms with Crippen LogP contribution in [-0.4, -0.2) is 96.7 Å². The first kappa shape index (κ1) is 102. The highest BCUT2D eigenvalue weighted by atomic mass is 31.2. The van der Waals surface area contributed by atoms with Gasteiger partial charge in [-0.1, -0.05) is 275 Å². The number of unbranched alkanes of at least 4 members (excludes halogenated alkanes) is 22. The van der Waals surface area contributed by atoms with Crippen LogP contribution in [0.25, 0.3) is 0 Å². The number of hydrogen-bond acceptors (Lipinski definition) is 15. The summed E-state index contributed by atoms with van der Waals surface area (Å²) in [5, 5.41) is 10.7. The lowest BCUT2D eigenvalue weighted by atomic mass is 10.1. The van der Waals surface area contributed by atoms with Crippen LogP contribution < -0.4 is 0 Å². The summed E-state index contributed by atoms with van der Waals surface area (Å²) in [5.41, 5.74) is 0. The molecule has 0 fully saturated rings. The summed E-state index contributed by atoms with van der Waals surface area (Å²) in [6.45, 7) is 4.48. The number of allylic oxidation sites excluding steroid dienone is 28. The number of rotatable bonds is 76. The molecule has 17 nitrogen and oxygen atoms in total. The van der Waals surface area contributed by atoms with Crippen molar-refractivity contribution in [2.24, 2.45) is 0 Å². The maximum absolute atomic E-state index is 13.1. The van der Waals surface area contributed by atoms with E-state index in [-0.39, 0.29) is 25.7 Å². The van der Waals surface area contributed by atoms with E-state index < -0.39 is 97.5 Å². The Hall–Kier alpha value is -5.58. The Bertz CT molecular complexity index is 2710. The number of ether oxygens (including phenoxy) is 4. The van der Waals surface area contributed by atoms with Crippen molar-refractivity contribution >= 4 is 39.5 Å². The van der Waals surface area contributed by atoms with Gasteiger partial charge in [0.1, 0.15) is 19.3 Å². The number of esters is 4. The number of carbonyl (C=O) groups excluding carboxylic acids is 4. The molecule has 0 aliphatic carbocycles. The number of aliphatic hydroxyl groups is 1. The zero-order valence-electron chi connectivity index (χ0n) is 67.2. The van der Waals surface area contributed by atoms with Crippen molar-refractivity contribution in [3.8, 4) is 0 Å². The Morgan fingerprint density at radius 3 is 0.769 bits per heavy atom. The molecule has 0 aromatic carbocycles. The summed E-state index contributed by atoms with van der Waals surface area (Å²) in [5.74, 6) is -2.30. The molecule has 0 bridgehead atoms. The molecule has 3 N–H and O–H groups in total. The van der Waals surface area contributed by atoms with Gasteiger partial charge in [0, 0.05) is 25.7 Å². The van der Waals surface area contributed by atoms with Gasteiger partial charge in [0.25, 0.3) is 0 Å². The largest absolute Gasteiger partial charge is 0.472 e. The number of phosphoric acid groups is 2. The van der Waals surface area contributed by atoms with Crippen LogP contribution in [0.1, 0.15) is 310 Å². The van der Waals surface area contributed by atoms with Gasteiger partial charge in [-0.05, 0) is 180 Å². The van der Waals surface area contributed by atoms with Gasteiger partial charge in [0.15, 0.2) is 12.2 Å². The first-order valence-corrected chi connectivity index (χ1v) is 44.4. The molecule has 0 aromatic rings. The zero-order valence-corrected chi connectivity index (χ0v) is 69.0. The van der Waals surface area contributed by atoms with E-state index in [4.69, 9.17) is 37.0 Å². The van der Waals surface area contributed by atoms with Gasteiger partial charge in [0.05, 0.1) is 26.4 Å². The molecular formula is C89H146O17P2. The van der Waals surface area contributed by atoms with Crippen LogP contribution in [-0.2, 0) is 65.4 Å². The smallest absolute Gasteiger partial charge is 0.462 e. The van der Waals surface area contributed by atoms with Crippen LogP contribution in [0, 0.1) is 0 Å². The number of carbonyl (C=O) groups is 4. The number of phosphoric ester groups is 2. The van der Waals surface area contributed by atoms with Crippen LogP contribution in [0.5, 0.6) is 0 Å². The molecule has 108 heavy (non-hydrogen) atoms. The van der Waals surface area contributed by atoms with Crippen LogP contribution in [0.4, 0.5) is 0 Å². The average Bonchev–Trinajstić information content (AvgIpc) is 0.923. The number of aliphatic hydroxyl groups excluding tert-OH is 1. The maximum atomic E-state index is 13.1. The highest BCUT2D eigenvalue weighted by Gasteiger charge is 2.30. The third-order valence-corrected chi connectivity index (χ3v) is 18.5. The Morgan fingerprint density at radius 1 is 0.269 bits per heavy atom. The molecule has 0 spiro atoms. The Kier molecular flexibility index (Phi) is 75.4. The van der Waals surface area contributed by atoms with E-state index in [1.807, 2.05) is 0 Å². The summed E-state index contributed by atoms with van der Waals surface area (Å²) in [6, 6.07) is 0. The average molecular weight is 1550 g/mol. The predicted molar refractivity (Wildman–Crippen MR) is 445 cm³/mol. The molecule has 5 unspecified atom stereocenters. The molecule has 0 saturated heterocycles. The molecule has 614 valence electrons. The molecule has 0 heterocycles. The van der Waals surface area contributed by atoms with Crippen molar-refractivity contribution < 1.29 is 80.2 Å². The second kappa shape index (κ2) is 79.5. The van der Waals surface area contributed by atoms with E-state index in [9.17, 15) is 43.2 Å². The van der Waals surface area contributed by atoms with Gasteiger partial charge < -0.3 is 33.8 Å². The van der Waals surface area contributed by atoms with Gasteiger partial charge >= 0.3 is 39.5 Å². The van der Waals surface area contributed by atoms with Crippen molar-refractivity contribution in [3.63, 3.8) is 0 Å². The van der Waals surface area contributed by atoms with Crippen molar-refractivity contribution in [1.82, 2.24) is 0 Å². The van der Waals surface area contributed by atoms with Crippen LogP contribution >= 0.6 is 15.6 Å². The molecule has 5 atom stereocenters. The molecule has 19 heteroatoms. The molecule has 0 aromatic heterocycles. The van der Waals surface area contributed by atoms with Crippen molar-refractivity contribution in [3.05, 3.63) is 170 Å². The van der Waals surface area contributed by atoms with Gasteiger partial charge in [-0.25, -0.2) is 9.13 Å². The third kappa shape index (κ3) is 78.5. The van der Waals surface area contributed by atoms with Crippen molar-refractivity contribution in [1.29, 1.82) is 0 Å². The van der Waals surface area contributed by atoms with Gasteiger partial charge in [-0.2, -0.15) is 0 Å². The SMILES string of the molecule is CC/C=C\C/C=C\C/C=C\C/C=C\C/C=C\CCCCCC(=O)OCC(COP(=O)(O)OCC(O)COP(=O)(O)OCC(COC(=O)CCCCCCCC/C=C\C/C=C\C/C=C\CCCCC)OC(=O)CCCCCCC/C=C\C/C=C\CCCCC)OC(=O)CCCC/C=C\C/C=C\C/C=C\C/C=C\CC. The lowest BCUT2D eigenvalue weighted by molar-refractivity contribution is -0.161. The van der Waals surface area contributed by atoms with E-state index in [0.717, 1.165) is 186 Å². The van der Waals surface area contributed by atoms with E-state index in [0.29, 0.717) is 32.1 Å². The molecule has 0 rings (SSSR count). The topological polar surface area (TPSA) is 237 Å². The first-order chi connectivity index (χ1) is 52.7. The predicted octanol–water partition coefficient (Wildman–Crippen LogP) is 24.6. The fourth-order valence-corrected chi connectivity index (χ4v) is 12.0. The molecule has 0 saturated carbocycles. The Morgan fingerprint density at radius 2 is 0.481 bits per heavy atom. The summed E-state index contributed by atoms with van der Waals surface area (Å²) in [7, 11) is -10.0. The maximum Gasteiger partial charge on any atom is 0.472 e. The van der Waals surface area contributed by atoms with Gasteiger partial charge in [-0.15, -0.1) is 0 Å². The minimum absolute atomic E-state index is 0.0284. The standard InChI is InChI=1S/C89H146O17P2/c1-5-9-13-17-21-25-29-33-37-39-41-43-47-49-53-57-61-65-69-73-86(91)99-79-84(105-88(93)75-71-67-63-59-55-51-45-35-31-27-23-19-15-11-7-3)81-103-107(95,96)101-77-83(90)78-102-108(97,98)104-82-85(106-89(94)76-72-68-64-60-56-52-46-36-32-28-24-20-16-12-8-4)80-100-87(92)74-70-66-62-58-54-50-48-44-42-40-38-34-30-26-22-18-14-10-6-2/h9,11,13,15,21-28,33-38,41-46,49,53,55,59,83-85,90H,5-8,10,12,14,16-20,29-32,39-40,47-48,50-52,54,56-58,60-82H2,1-4H3,(H,95,96)(H,97,98)/b13-9-,15-11-,25-21-,26-22-,27-23-,28-24-,37-33-,38-34-,43-41-,44-42-,45-35-,46-36-,53-49-,59-55-. The summed E-state index contributed by atoms with van der Waals surface area (Å²) >= 11 is 0. The summed E-state index contributed by atoms with van der Waals surface area (Å²) < 4.78 is 68.6. The normalized spacial score (nSPS) is 14.7. The third-order valence-electron chi connectivity index (χ3n) is 16.6. The van der Waals surface area contributed by atoms with Gasteiger partial charge in [0.2, 0.25) is 0 Å².